The topological polar surface area (TPSA) is 3.24 Å². The van der Waals surface area contributed by atoms with Crippen molar-refractivity contribution in [3.8, 4) is 0 Å². The van der Waals surface area contributed by atoms with Gasteiger partial charge in [-0.2, -0.15) is 0 Å². The van der Waals surface area contributed by atoms with Crippen LogP contribution in [0.5, 0.6) is 0 Å². The zero-order chi connectivity index (χ0) is 4.69. The van der Waals surface area contributed by atoms with Gasteiger partial charge in [0.25, 0.3) is 0 Å². The van der Waals surface area contributed by atoms with Crippen LogP contribution < -0.4 is 0 Å². The average molecular weight is 97.2 g/mol. The maximum atomic E-state index is 2.58. The van der Waals surface area contributed by atoms with Crippen molar-refractivity contribution in [2.24, 2.45) is 0 Å². The van der Waals surface area contributed by atoms with E-state index in [1.54, 1.807) is 0 Å². The SMILES string of the molecule is C1C[C@@H]2CCN2C1. The summed E-state index contributed by atoms with van der Waals surface area (Å²) in [6.07, 6.45) is 4.44. The van der Waals surface area contributed by atoms with Gasteiger partial charge in [-0.1, -0.05) is 0 Å². The molecular weight excluding hydrogens is 86.1 g/mol. The van der Waals surface area contributed by atoms with Crippen molar-refractivity contribution < 1.29 is 0 Å². The summed E-state index contributed by atoms with van der Waals surface area (Å²) in [7, 11) is 0. The highest BCUT2D eigenvalue weighted by atomic mass is 15.2. The van der Waals surface area contributed by atoms with Crippen LogP contribution in [-0.4, -0.2) is 24.0 Å². The third-order valence-electron chi connectivity index (χ3n) is 2.25. The summed E-state index contributed by atoms with van der Waals surface area (Å²) in [6.45, 7) is 2.79. The summed E-state index contributed by atoms with van der Waals surface area (Å²) < 4.78 is 0. The zero-order valence-corrected chi connectivity index (χ0v) is 4.56. The van der Waals surface area contributed by atoms with Gasteiger partial charge < -0.3 is 4.90 Å². The molecule has 0 aromatic heterocycles. The number of fused-ring (bicyclic) bond motifs is 1. The highest BCUT2D eigenvalue weighted by Gasteiger charge is 2.31. The lowest BCUT2D eigenvalue weighted by Gasteiger charge is -2.34. The lowest BCUT2D eigenvalue weighted by molar-refractivity contribution is 0.141. The van der Waals surface area contributed by atoms with Gasteiger partial charge in [-0.3, -0.25) is 0 Å². The fourth-order valence-corrected chi connectivity index (χ4v) is 1.65. The smallest absolute Gasteiger partial charge is 0.0108 e. The van der Waals surface area contributed by atoms with Gasteiger partial charge in [0.05, 0.1) is 0 Å². The fourth-order valence-electron chi connectivity index (χ4n) is 1.65. The van der Waals surface area contributed by atoms with E-state index in [9.17, 15) is 0 Å². The monoisotopic (exact) mass is 97.1 g/mol. The van der Waals surface area contributed by atoms with Crippen molar-refractivity contribution >= 4 is 0 Å². The maximum absolute atomic E-state index is 2.58. The summed E-state index contributed by atoms with van der Waals surface area (Å²) in [5.41, 5.74) is 0. The van der Waals surface area contributed by atoms with Crippen LogP contribution in [0.25, 0.3) is 0 Å². The first kappa shape index (κ1) is 3.90. The van der Waals surface area contributed by atoms with Gasteiger partial charge >= 0.3 is 0 Å². The first-order valence-corrected chi connectivity index (χ1v) is 3.21. The van der Waals surface area contributed by atoms with Crippen LogP contribution in [0.2, 0.25) is 0 Å². The lowest BCUT2D eigenvalue weighted by Crippen LogP contribution is -2.42. The van der Waals surface area contributed by atoms with Gasteiger partial charge in [0.2, 0.25) is 0 Å². The molecule has 2 fully saturated rings. The molecule has 2 aliphatic heterocycles. The van der Waals surface area contributed by atoms with Crippen molar-refractivity contribution in [1.29, 1.82) is 0 Å². The minimum Gasteiger partial charge on any atom is -0.300 e. The number of hydrogen-bond acceptors (Lipinski definition) is 1. The predicted molar refractivity (Wildman–Crippen MR) is 29.2 cm³/mol. The van der Waals surface area contributed by atoms with Crippen LogP contribution in [0.1, 0.15) is 19.3 Å². The Balaban J connectivity index is 2.03. The second-order valence-electron chi connectivity index (χ2n) is 2.62. The Bertz CT molecular complexity index is 70.2. The predicted octanol–water partition coefficient (Wildman–Crippen LogP) is 0.855. The highest BCUT2D eigenvalue weighted by Crippen LogP contribution is 2.27. The minimum absolute atomic E-state index is 1.03. The van der Waals surface area contributed by atoms with E-state index in [0.717, 1.165) is 6.04 Å². The number of rotatable bonds is 0. The van der Waals surface area contributed by atoms with E-state index in [1.165, 1.54) is 32.4 Å². The molecular formula is C6H11N. The lowest BCUT2D eigenvalue weighted by atomic mass is 10.1. The molecule has 1 heteroatoms. The van der Waals surface area contributed by atoms with E-state index >= 15 is 0 Å². The van der Waals surface area contributed by atoms with Crippen molar-refractivity contribution in [2.45, 2.75) is 25.3 Å². The van der Waals surface area contributed by atoms with E-state index in [2.05, 4.69) is 4.90 Å². The van der Waals surface area contributed by atoms with Gasteiger partial charge in [-0.15, -0.1) is 0 Å². The Morgan fingerprint density at radius 1 is 1.14 bits per heavy atom. The standard InChI is InChI=1S/C6H11N/c1-2-6-3-5-7(6)4-1/h6H,1-5H2/t6-/m1/s1. The molecule has 1 nitrogen and oxygen atoms in total. The summed E-state index contributed by atoms with van der Waals surface area (Å²) in [5.74, 6) is 0. The van der Waals surface area contributed by atoms with E-state index in [-0.39, 0.29) is 0 Å². The summed E-state index contributed by atoms with van der Waals surface area (Å²) in [5, 5.41) is 0. The van der Waals surface area contributed by atoms with E-state index in [0.29, 0.717) is 0 Å². The summed E-state index contributed by atoms with van der Waals surface area (Å²) in [6, 6.07) is 1.03. The molecule has 40 valence electrons. The van der Waals surface area contributed by atoms with Crippen molar-refractivity contribution in [2.75, 3.05) is 13.1 Å². The molecule has 2 saturated heterocycles. The normalized spacial score (nSPS) is 40.3. The molecule has 0 aromatic carbocycles. The second-order valence-corrected chi connectivity index (χ2v) is 2.62. The molecule has 2 aliphatic rings. The summed E-state index contributed by atoms with van der Waals surface area (Å²) >= 11 is 0. The van der Waals surface area contributed by atoms with Crippen molar-refractivity contribution in [1.82, 2.24) is 4.90 Å². The molecule has 1 atom stereocenters. The minimum atomic E-state index is 1.03. The van der Waals surface area contributed by atoms with Crippen LogP contribution in [0.4, 0.5) is 0 Å². The zero-order valence-electron chi connectivity index (χ0n) is 4.56. The van der Waals surface area contributed by atoms with Crippen LogP contribution >= 0.6 is 0 Å². The molecule has 0 N–H and O–H groups in total. The Labute approximate surface area is 44.3 Å². The van der Waals surface area contributed by atoms with E-state index in [4.69, 9.17) is 0 Å². The molecule has 2 heterocycles. The van der Waals surface area contributed by atoms with E-state index < -0.39 is 0 Å². The molecule has 7 heavy (non-hydrogen) atoms. The van der Waals surface area contributed by atoms with Crippen LogP contribution in [0.15, 0.2) is 0 Å². The summed E-state index contributed by atoms with van der Waals surface area (Å²) in [4.78, 5) is 2.58. The van der Waals surface area contributed by atoms with Gasteiger partial charge in [-0.05, 0) is 32.4 Å². The molecule has 0 saturated carbocycles. The fraction of sp³-hybridized carbons (Fsp3) is 1.00. The Morgan fingerprint density at radius 3 is 2.43 bits per heavy atom. The van der Waals surface area contributed by atoms with Crippen LogP contribution in [0.3, 0.4) is 0 Å². The van der Waals surface area contributed by atoms with Gasteiger partial charge in [0.1, 0.15) is 0 Å². The number of hydrogen-bond donors (Lipinski definition) is 0. The maximum Gasteiger partial charge on any atom is 0.0108 e. The molecule has 0 unspecified atom stereocenters. The van der Waals surface area contributed by atoms with Gasteiger partial charge in [0.15, 0.2) is 0 Å². The molecule has 0 aliphatic carbocycles. The first-order valence-electron chi connectivity index (χ1n) is 3.21. The second kappa shape index (κ2) is 1.22. The van der Waals surface area contributed by atoms with Gasteiger partial charge in [-0.25, -0.2) is 0 Å². The number of nitrogens with zero attached hydrogens (tertiary/aromatic N) is 1. The quantitative estimate of drug-likeness (QED) is 0.433. The van der Waals surface area contributed by atoms with Crippen molar-refractivity contribution in [3.05, 3.63) is 0 Å². The Hall–Kier alpha value is -0.0400. The van der Waals surface area contributed by atoms with E-state index in [1.807, 2.05) is 0 Å². The Kier molecular flexibility index (Phi) is 0.680. The van der Waals surface area contributed by atoms with Gasteiger partial charge in [0, 0.05) is 6.04 Å². The molecule has 0 radical (unpaired) electrons. The molecule has 0 aromatic rings. The average Bonchev–Trinajstić information content (AvgIpc) is 1.85. The van der Waals surface area contributed by atoms with Crippen molar-refractivity contribution in [3.63, 3.8) is 0 Å². The first-order chi connectivity index (χ1) is 3.47. The Morgan fingerprint density at radius 2 is 2.14 bits per heavy atom. The third-order valence-corrected chi connectivity index (χ3v) is 2.25. The molecule has 0 bridgehead atoms. The van der Waals surface area contributed by atoms with Crippen LogP contribution in [0, 0.1) is 0 Å². The molecule has 0 amide bonds. The van der Waals surface area contributed by atoms with Crippen LogP contribution in [-0.2, 0) is 0 Å². The third kappa shape index (κ3) is 0.418. The largest absolute Gasteiger partial charge is 0.300 e. The molecule has 2 rings (SSSR count). The molecule has 0 spiro atoms. The highest BCUT2D eigenvalue weighted by molar-refractivity contribution is 4.87.